The van der Waals surface area contributed by atoms with Gasteiger partial charge in [-0.05, 0) is 45.3 Å². The van der Waals surface area contributed by atoms with Crippen LogP contribution in [0, 0.1) is 5.92 Å². The van der Waals surface area contributed by atoms with Gasteiger partial charge < -0.3 is 14.8 Å². The summed E-state index contributed by atoms with van der Waals surface area (Å²) >= 11 is 0. The molecule has 4 heteroatoms. The lowest BCUT2D eigenvalue weighted by Crippen LogP contribution is -2.33. The molecule has 1 N–H and O–H groups in total. The summed E-state index contributed by atoms with van der Waals surface area (Å²) in [5, 5.41) is 3.59. The second-order valence-electron chi connectivity index (χ2n) is 5.64. The molecule has 1 aromatic heterocycles. The maximum atomic E-state index is 4.39. The number of rotatable bonds is 6. The van der Waals surface area contributed by atoms with E-state index < -0.39 is 0 Å². The van der Waals surface area contributed by atoms with Gasteiger partial charge in [0.05, 0.1) is 6.04 Å². The Balaban J connectivity index is 1.72. The van der Waals surface area contributed by atoms with Gasteiger partial charge in [0, 0.05) is 26.0 Å². The van der Waals surface area contributed by atoms with E-state index in [2.05, 4.69) is 33.6 Å². The minimum absolute atomic E-state index is 0.325. The number of nitrogens with one attached hydrogen (secondary N) is 1. The first-order valence-electron chi connectivity index (χ1n) is 7.09. The highest BCUT2D eigenvalue weighted by Gasteiger charge is 2.16. The minimum Gasteiger partial charge on any atom is -0.337 e. The lowest BCUT2D eigenvalue weighted by molar-refractivity contribution is 0.278. The van der Waals surface area contributed by atoms with Crippen LogP contribution in [0.1, 0.15) is 38.6 Å². The average molecular weight is 250 g/mol. The lowest BCUT2D eigenvalue weighted by atomic mass is 10.1. The molecule has 1 saturated heterocycles. The molecule has 4 nitrogen and oxygen atoms in total. The van der Waals surface area contributed by atoms with Gasteiger partial charge >= 0.3 is 0 Å². The minimum atomic E-state index is 0.325. The smallest absolute Gasteiger partial charge is 0.125 e. The van der Waals surface area contributed by atoms with E-state index in [9.17, 15) is 0 Å². The highest BCUT2D eigenvalue weighted by Crippen LogP contribution is 2.12. The highest BCUT2D eigenvalue weighted by atomic mass is 15.1. The molecule has 0 spiro atoms. The highest BCUT2D eigenvalue weighted by molar-refractivity contribution is 4.96. The van der Waals surface area contributed by atoms with E-state index >= 15 is 0 Å². The molecule has 0 amide bonds. The molecule has 2 atom stereocenters. The zero-order valence-corrected chi connectivity index (χ0v) is 11.9. The topological polar surface area (TPSA) is 33.1 Å². The Morgan fingerprint density at radius 2 is 2.06 bits per heavy atom. The zero-order valence-electron chi connectivity index (χ0n) is 11.9. The van der Waals surface area contributed by atoms with Crippen LogP contribution in [0.4, 0.5) is 0 Å². The summed E-state index contributed by atoms with van der Waals surface area (Å²) < 4.78 is 2.09. The van der Waals surface area contributed by atoms with Gasteiger partial charge in [0.1, 0.15) is 5.82 Å². The fourth-order valence-corrected chi connectivity index (χ4v) is 2.73. The van der Waals surface area contributed by atoms with Gasteiger partial charge in [-0.25, -0.2) is 4.98 Å². The number of likely N-dealkylation sites (tertiary alicyclic amines) is 1. The Bertz CT molecular complexity index is 354. The largest absolute Gasteiger partial charge is 0.337 e. The molecule has 102 valence electrons. The summed E-state index contributed by atoms with van der Waals surface area (Å²) in [6.07, 6.45) is 6.62. The van der Waals surface area contributed by atoms with Gasteiger partial charge in [0.2, 0.25) is 0 Å². The number of aromatic nitrogens is 2. The molecule has 0 aliphatic carbocycles. The maximum absolute atomic E-state index is 4.39. The summed E-state index contributed by atoms with van der Waals surface area (Å²) in [6.45, 7) is 9.38. The number of aryl methyl sites for hydroxylation is 1. The molecule has 0 bridgehead atoms. The Morgan fingerprint density at radius 1 is 1.33 bits per heavy atom. The van der Waals surface area contributed by atoms with E-state index in [1.54, 1.807) is 0 Å². The molecule has 1 aliphatic heterocycles. The van der Waals surface area contributed by atoms with Crippen LogP contribution in [0.25, 0.3) is 0 Å². The summed E-state index contributed by atoms with van der Waals surface area (Å²) in [4.78, 5) is 6.97. The molecular weight excluding hydrogens is 224 g/mol. The molecule has 0 radical (unpaired) electrons. The van der Waals surface area contributed by atoms with Crippen molar-refractivity contribution in [2.75, 3.05) is 26.2 Å². The van der Waals surface area contributed by atoms with Crippen LogP contribution in [0.2, 0.25) is 0 Å². The fourth-order valence-electron chi connectivity index (χ4n) is 2.73. The van der Waals surface area contributed by atoms with Crippen molar-refractivity contribution < 1.29 is 0 Å². The van der Waals surface area contributed by atoms with Crippen molar-refractivity contribution in [2.24, 2.45) is 13.0 Å². The van der Waals surface area contributed by atoms with Crippen molar-refractivity contribution in [2.45, 2.75) is 32.7 Å². The first-order chi connectivity index (χ1) is 8.66. The van der Waals surface area contributed by atoms with Crippen LogP contribution in [0.3, 0.4) is 0 Å². The predicted octanol–water partition coefficient (Wildman–Crippen LogP) is 1.80. The molecule has 2 unspecified atom stereocenters. The first-order valence-corrected chi connectivity index (χ1v) is 7.09. The average Bonchev–Trinajstić information content (AvgIpc) is 2.97. The lowest BCUT2D eigenvalue weighted by Gasteiger charge is -2.22. The molecule has 2 heterocycles. The second kappa shape index (κ2) is 6.34. The van der Waals surface area contributed by atoms with E-state index in [-0.39, 0.29) is 0 Å². The van der Waals surface area contributed by atoms with Crippen LogP contribution in [-0.2, 0) is 7.05 Å². The van der Waals surface area contributed by atoms with Crippen LogP contribution in [0.15, 0.2) is 12.4 Å². The maximum Gasteiger partial charge on any atom is 0.125 e. The van der Waals surface area contributed by atoms with Gasteiger partial charge in [-0.2, -0.15) is 0 Å². The molecular formula is C14H26N4. The van der Waals surface area contributed by atoms with Crippen molar-refractivity contribution in [3.63, 3.8) is 0 Å². The molecule has 1 aromatic rings. The normalized spacial score (nSPS) is 20.2. The van der Waals surface area contributed by atoms with Gasteiger partial charge in [-0.15, -0.1) is 0 Å². The molecule has 18 heavy (non-hydrogen) atoms. The second-order valence-corrected chi connectivity index (χ2v) is 5.64. The monoisotopic (exact) mass is 250 g/mol. The Hall–Kier alpha value is -0.870. The summed E-state index contributed by atoms with van der Waals surface area (Å²) in [6, 6.07) is 0.325. The van der Waals surface area contributed by atoms with E-state index in [1.807, 2.05) is 19.4 Å². The third kappa shape index (κ3) is 3.56. The van der Waals surface area contributed by atoms with E-state index in [0.717, 1.165) is 12.4 Å². The number of hydrogen-bond donors (Lipinski definition) is 1. The predicted molar refractivity (Wildman–Crippen MR) is 74.5 cm³/mol. The molecule has 1 fully saturated rings. The molecule has 2 rings (SSSR count). The van der Waals surface area contributed by atoms with Crippen molar-refractivity contribution in [3.8, 4) is 0 Å². The quantitative estimate of drug-likeness (QED) is 0.836. The van der Waals surface area contributed by atoms with Crippen molar-refractivity contribution >= 4 is 0 Å². The van der Waals surface area contributed by atoms with Gasteiger partial charge in [0.15, 0.2) is 0 Å². The Kier molecular flexibility index (Phi) is 4.78. The first kappa shape index (κ1) is 13.6. The molecule has 1 aliphatic rings. The van der Waals surface area contributed by atoms with Crippen molar-refractivity contribution in [3.05, 3.63) is 18.2 Å². The van der Waals surface area contributed by atoms with Crippen LogP contribution < -0.4 is 5.32 Å². The SMILES string of the molecule is CC(CNC(C)c1nccn1C)CN1CCCC1. The van der Waals surface area contributed by atoms with Gasteiger partial charge in [0.25, 0.3) is 0 Å². The molecule has 0 aromatic carbocycles. The third-order valence-electron chi connectivity index (χ3n) is 3.79. The standard InChI is InChI=1S/C14H26N4/c1-12(11-18-7-4-5-8-18)10-16-13(2)14-15-6-9-17(14)3/h6,9,12-13,16H,4-5,7-8,10-11H2,1-3H3. The number of hydrogen-bond acceptors (Lipinski definition) is 3. The van der Waals surface area contributed by atoms with Gasteiger partial charge in [-0.1, -0.05) is 6.92 Å². The molecule has 0 saturated carbocycles. The Morgan fingerprint density at radius 3 is 2.67 bits per heavy atom. The zero-order chi connectivity index (χ0) is 13.0. The summed E-state index contributed by atoms with van der Waals surface area (Å²) in [5.74, 6) is 1.81. The van der Waals surface area contributed by atoms with Gasteiger partial charge in [-0.3, -0.25) is 0 Å². The third-order valence-corrected chi connectivity index (χ3v) is 3.79. The fraction of sp³-hybridized carbons (Fsp3) is 0.786. The van der Waals surface area contributed by atoms with E-state index in [4.69, 9.17) is 0 Å². The Labute approximate surface area is 110 Å². The summed E-state index contributed by atoms with van der Waals surface area (Å²) in [7, 11) is 2.05. The number of nitrogens with zero attached hydrogens (tertiary/aromatic N) is 3. The van der Waals surface area contributed by atoms with Crippen LogP contribution >= 0.6 is 0 Å². The van der Waals surface area contributed by atoms with E-state index in [0.29, 0.717) is 12.0 Å². The van der Waals surface area contributed by atoms with Crippen molar-refractivity contribution in [1.82, 2.24) is 19.8 Å². The van der Waals surface area contributed by atoms with E-state index in [1.165, 1.54) is 32.5 Å². The van der Waals surface area contributed by atoms with Crippen LogP contribution in [0.5, 0.6) is 0 Å². The van der Waals surface area contributed by atoms with Crippen LogP contribution in [-0.4, -0.2) is 40.6 Å². The summed E-state index contributed by atoms with van der Waals surface area (Å²) in [5.41, 5.74) is 0. The number of imidazole rings is 1. The van der Waals surface area contributed by atoms with Crippen molar-refractivity contribution in [1.29, 1.82) is 0 Å².